The zero-order chi connectivity index (χ0) is 18.4. The van der Waals surface area contributed by atoms with Crippen LogP contribution < -0.4 is 10.1 Å². The SMILES string of the molecule is Cc1cccc(OCC(=O)N2CCC(C(=O)NCc3ccco3)CC2)c1. The first-order valence-corrected chi connectivity index (χ1v) is 8.89. The van der Waals surface area contributed by atoms with Crippen molar-refractivity contribution in [2.75, 3.05) is 19.7 Å². The summed E-state index contributed by atoms with van der Waals surface area (Å²) in [6, 6.07) is 11.3. The number of nitrogens with one attached hydrogen (secondary N) is 1. The number of carbonyl (C=O) groups is 2. The van der Waals surface area contributed by atoms with Gasteiger partial charge in [0.1, 0.15) is 11.5 Å². The van der Waals surface area contributed by atoms with Gasteiger partial charge in [0, 0.05) is 19.0 Å². The Bertz CT molecular complexity index is 734. The molecule has 0 bridgehead atoms. The predicted octanol–water partition coefficient (Wildman–Crippen LogP) is 2.52. The Labute approximate surface area is 153 Å². The zero-order valence-electron chi connectivity index (χ0n) is 14.9. The molecule has 1 aliphatic heterocycles. The number of rotatable bonds is 6. The molecule has 3 rings (SSSR count). The van der Waals surface area contributed by atoms with Gasteiger partial charge in [0.25, 0.3) is 5.91 Å². The maximum Gasteiger partial charge on any atom is 0.260 e. The van der Waals surface area contributed by atoms with Crippen molar-refractivity contribution in [1.82, 2.24) is 10.2 Å². The lowest BCUT2D eigenvalue weighted by atomic mass is 9.96. The number of aryl methyl sites for hydroxylation is 1. The second-order valence-electron chi connectivity index (χ2n) is 6.56. The zero-order valence-corrected chi connectivity index (χ0v) is 14.9. The third-order valence-electron chi connectivity index (χ3n) is 4.59. The van der Waals surface area contributed by atoms with Crippen LogP contribution in [0.4, 0.5) is 0 Å². The Morgan fingerprint density at radius 2 is 2.04 bits per heavy atom. The van der Waals surface area contributed by atoms with E-state index in [1.54, 1.807) is 17.2 Å². The highest BCUT2D eigenvalue weighted by atomic mass is 16.5. The van der Waals surface area contributed by atoms with E-state index >= 15 is 0 Å². The molecule has 1 aliphatic rings. The van der Waals surface area contributed by atoms with Crippen LogP contribution in [0.3, 0.4) is 0 Å². The van der Waals surface area contributed by atoms with Crippen LogP contribution in [0, 0.1) is 12.8 Å². The summed E-state index contributed by atoms with van der Waals surface area (Å²) in [6.45, 7) is 3.56. The summed E-state index contributed by atoms with van der Waals surface area (Å²) in [4.78, 5) is 26.3. The summed E-state index contributed by atoms with van der Waals surface area (Å²) in [6.07, 6.45) is 2.92. The quantitative estimate of drug-likeness (QED) is 0.863. The minimum Gasteiger partial charge on any atom is -0.484 e. The van der Waals surface area contributed by atoms with Crippen molar-refractivity contribution in [2.24, 2.45) is 5.92 Å². The molecule has 0 spiro atoms. The topological polar surface area (TPSA) is 71.8 Å². The molecule has 6 nitrogen and oxygen atoms in total. The molecule has 0 saturated carbocycles. The summed E-state index contributed by atoms with van der Waals surface area (Å²) < 4.78 is 10.8. The first-order chi connectivity index (χ1) is 12.6. The number of ether oxygens (including phenoxy) is 1. The smallest absolute Gasteiger partial charge is 0.260 e. The molecule has 0 radical (unpaired) electrons. The van der Waals surface area contributed by atoms with Gasteiger partial charge in [0.15, 0.2) is 6.61 Å². The lowest BCUT2D eigenvalue weighted by Gasteiger charge is -2.31. The van der Waals surface area contributed by atoms with E-state index in [-0.39, 0.29) is 24.3 Å². The number of hydrogen-bond acceptors (Lipinski definition) is 4. The number of piperidine rings is 1. The van der Waals surface area contributed by atoms with Crippen LogP contribution >= 0.6 is 0 Å². The Morgan fingerprint density at radius 1 is 1.23 bits per heavy atom. The van der Waals surface area contributed by atoms with Gasteiger partial charge < -0.3 is 19.4 Å². The van der Waals surface area contributed by atoms with E-state index in [0.717, 1.165) is 11.3 Å². The molecule has 2 amide bonds. The fourth-order valence-corrected chi connectivity index (χ4v) is 3.06. The van der Waals surface area contributed by atoms with Gasteiger partial charge in [-0.15, -0.1) is 0 Å². The third kappa shape index (κ3) is 4.88. The molecular weight excluding hydrogens is 332 g/mol. The van der Waals surface area contributed by atoms with E-state index in [9.17, 15) is 9.59 Å². The van der Waals surface area contributed by atoms with Gasteiger partial charge in [0.2, 0.25) is 5.91 Å². The Kier molecular flexibility index (Phi) is 5.94. The molecule has 1 aromatic heterocycles. The average Bonchev–Trinajstić information content (AvgIpc) is 3.18. The maximum absolute atomic E-state index is 12.3. The molecule has 1 aromatic carbocycles. The van der Waals surface area contributed by atoms with Crippen molar-refractivity contribution >= 4 is 11.8 Å². The van der Waals surface area contributed by atoms with Crippen molar-refractivity contribution in [1.29, 1.82) is 0 Å². The monoisotopic (exact) mass is 356 g/mol. The second kappa shape index (κ2) is 8.56. The summed E-state index contributed by atoms with van der Waals surface area (Å²) in [5.41, 5.74) is 1.09. The Hall–Kier alpha value is -2.76. The standard InChI is InChI=1S/C20H24N2O4/c1-15-4-2-5-17(12-15)26-14-19(23)22-9-7-16(8-10-22)20(24)21-13-18-6-3-11-25-18/h2-6,11-12,16H,7-10,13-14H2,1H3,(H,21,24). The first-order valence-electron chi connectivity index (χ1n) is 8.89. The van der Waals surface area contributed by atoms with Crippen LogP contribution in [0.2, 0.25) is 0 Å². The van der Waals surface area contributed by atoms with Gasteiger partial charge in [-0.05, 0) is 49.6 Å². The summed E-state index contributed by atoms with van der Waals surface area (Å²) in [7, 11) is 0. The molecule has 1 N–H and O–H groups in total. The van der Waals surface area contributed by atoms with Crippen molar-refractivity contribution < 1.29 is 18.7 Å². The van der Waals surface area contributed by atoms with E-state index in [1.807, 2.05) is 37.3 Å². The van der Waals surface area contributed by atoms with Crippen molar-refractivity contribution in [3.63, 3.8) is 0 Å². The normalized spacial score (nSPS) is 14.9. The number of benzene rings is 1. The number of carbonyl (C=O) groups excluding carboxylic acids is 2. The van der Waals surface area contributed by atoms with Crippen molar-refractivity contribution in [3.8, 4) is 5.75 Å². The third-order valence-corrected chi connectivity index (χ3v) is 4.59. The van der Waals surface area contributed by atoms with Crippen LogP contribution in [-0.4, -0.2) is 36.4 Å². The molecule has 138 valence electrons. The van der Waals surface area contributed by atoms with E-state index in [1.165, 1.54) is 0 Å². The molecule has 0 unspecified atom stereocenters. The maximum atomic E-state index is 12.3. The van der Waals surface area contributed by atoms with Gasteiger partial charge in [-0.3, -0.25) is 9.59 Å². The molecule has 1 saturated heterocycles. The fraction of sp³-hybridized carbons (Fsp3) is 0.400. The molecule has 0 aliphatic carbocycles. The van der Waals surface area contributed by atoms with Crippen molar-refractivity contribution in [3.05, 3.63) is 54.0 Å². The largest absolute Gasteiger partial charge is 0.484 e. The first kappa shape index (κ1) is 18.0. The lowest BCUT2D eigenvalue weighted by Crippen LogP contribution is -2.44. The number of furan rings is 1. The predicted molar refractivity (Wildman–Crippen MR) is 96.5 cm³/mol. The minimum absolute atomic E-state index is 0.0181. The number of likely N-dealkylation sites (tertiary alicyclic amines) is 1. The van der Waals surface area contributed by atoms with E-state index in [0.29, 0.717) is 38.2 Å². The van der Waals surface area contributed by atoms with Gasteiger partial charge in [0.05, 0.1) is 12.8 Å². The van der Waals surface area contributed by atoms with Crippen LogP contribution in [0.5, 0.6) is 5.75 Å². The highest BCUT2D eigenvalue weighted by Gasteiger charge is 2.27. The highest BCUT2D eigenvalue weighted by molar-refractivity contribution is 5.80. The molecular formula is C20H24N2O4. The van der Waals surface area contributed by atoms with Gasteiger partial charge >= 0.3 is 0 Å². The van der Waals surface area contributed by atoms with Crippen LogP contribution in [-0.2, 0) is 16.1 Å². The van der Waals surface area contributed by atoms with Crippen LogP contribution in [0.1, 0.15) is 24.2 Å². The van der Waals surface area contributed by atoms with E-state index < -0.39 is 0 Å². The highest BCUT2D eigenvalue weighted by Crippen LogP contribution is 2.18. The second-order valence-corrected chi connectivity index (χ2v) is 6.56. The van der Waals surface area contributed by atoms with Gasteiger partial charge in [-0.1, -0.05) is 12.1 Å². The summed E-state index contributed by atoms with van der Waals surface area (Å²) >= 11 is 0. The molecule has 2 heterocycles. The molecule has 0 atom stereocenters. The van der Waals surface area contributed by atoms with Gasteiger partial charge in [-0.25, -0.2) is 0 Å². The molecule has 6 heteroatoms. The fourth-order valence-electron chi connectivity index (χ4n) is 3.06. The lowest BCUT2D eigenvalue weighted by molar-refractivity contribution is -0.137. The Morgan fingerprint density at radius 3 is 2.73 bits per heavy atom. The van der Waals surface area contributed by atoms with Crippen LogP contribution in [0.15, 0.2) is 47.1 Å². The van der Waals surface area contributed by atoms with E-state index in [2.05, 4.69) is 5.32 Å². The van der Waals surface area contributed by atoms with E-state index in [4.69, 9.17) is 9.15 Å². The number of nitrogens with zero attached hydrogens (tertiary/aromatic N) is 1. The van der Waals surface area contributed by atoms with Crippen molar-refractivity contribution in [2.45, 2.75) is 26.3 Å². The number of amides is 2. The van der Waals surface area contributed by atoms with Gasteiger partial charge in [-0.2, -0.15) is 0 Å². The average molecular weight is 356 g/mol. The molecule has 1 fully saturated rings. The molecule has 26 heavy (non-hydrogen) atoms. The molecule has 2 aromatic rings. The van der Waals surface area contributed by atoms with Crippen LogP contribution in [0.25, 0.3) is 0 Å². The summed E-state index contributed by atoms with van der Waals surface area (Å²) in [5, 5.41) is 2.89. The Balaban J connectivity index is 1.39. The number of hydrogen-bond donors (Lipinski definition) is 1. The minimum atomic E-state index is -0.0632. The summed E-state index contributed by atoms with van der Waals surface area (Å²) in [5.74, 6) is 1.35.